The molecule has 16 heavy (non-hydrogen) atoms. The van der Waals surface area contributed by atoms with Gasteiger partial charge in [0.25, 0.3) is 10.1 Å². The third-order valence-electron chi connectivity index (χ3n) is 1.48. The predicted molar refractivity (Wildman–Crippen MR) is 57.8 cm³/mol. The maximum absolute atomic E-state index is 10.5. The van der Waals surface area contributed by atoms with Crippen molar-refractivity contribution < 1.29 is 27.0 Å². The van der Waals surface area contributed by atoms with E-state index in [2.05, 4.69) is 4.52 Å². The Hall–Kier alpha value is -0.850. The van der Waals surface area contributed by atoms with Gasteiger partial charge in [0, 0.05) is 4.57 Å². The van der Waals surface area contributed by atoms with Crippen molar-refractivity contribution in [3.05, 3.63) is 29.8 Å². The van der Waals surface area contributed by atoms with Gasteiger partial charge in [0.15, 0.2) is 0 Å². The first-order valence-corrected chi connectivity index (χ1v) is 6.59. The zero-order valence-corrected chi connectivity index (χ0v) is 10.4. The highest BCUT2D eigenvalue weighted by Gasteiger charge is 2.06. The van der Waals surface area contributed by atoms with E-state index in [0.29, 0.717) is 0 Å². The lowest BCUT2D eigenvalue weighted by molar-refractivity contribution is 0.343. The Morgan fingerprint density at radius 1 is 1.25 bits per heavy atom. The molecule has 8 heteroatoms. The van der Waals surface area contributed by atoms with E-state index in [9.17, 15) is 13.0 Å². The van der Waals surface area contributed by atoms with Crippen molar-refractivity contribution in [2.45, 2.75) is 11.8 Å². The van der Waals surface area contributed by atoms with Gasteiger partial charge in [-0.3, -0.25) is 4.55 Å². The van der Waals surface area contributed by atoms with Crippen LogP contribution in [0.3, 0.4) is 0 Å². The molecule has 0 saturated carbocycles. The van der Waals surface area contributed by atoms with E-state index in [1.54, 1.807) is 12.1 Å². The van der Waals surface area contributed by atoms with Gasteiger partial charge in [-0.25, -0.2) is 0 Å². The molecule has 6 nitrogen and oxygen atoms in total. The monoisotopic (exact) mass is 267 g/mol. The normalized spacial score (nSPS) is 11.4. The van der Waals surface area contributed by atoms with E-state index in [1.165, 1.54) is 19.2 Å². The maximum atomic E-state index is 10.5. The highest BCUT2D eigenvalue weighted by molar-refractivity contribution is 7.85. The molecule has 0 amide bonds. The van der Waals surface area contributed by atoms with Crippen molar-refractivity contribution in [3.8, 4) is 0 Å². The van der Waals surface area contributed by atoms with Crippen molar-refractivity contribution in [2.24, 2.45) is 0 Å². The Morgan fingerprint density at radius 2 is 1.62 bits per heavy atom. The van der Waals surface area contributed by atoms with E-state index in [0.717, 1.165) is 5.56 Å². The molecule has 0 spiro atoms. The fourth-order valence-electron chi connectivity index (χ4n) is 0.710. The van der Waals surface area contributed by atoms with Gasteiger partial charge in [0.2, 0.25) is 0 Å². The summed E-state index contributed by atoms with van der Waals surface area (Å²) >= 11 is 0. The molecular weight excluding hydrogens is 255 g/mol. The van der Waals surface area contributed by atoms with Gasteiger partial charge < -0.3 is 0 Å². The summed E-state index contributed by atoms with van der Waals surface area (Å²) in [4.78, 5) is 7.58. The van der Waals surface area contributed by atoms with Gasteiger partial charge in [-0.1, -0.05) is 17.7 Å². The molecule has 0 aliphatic rings. The standard InChI is InChI=1S/C7H8O3S.CH3O3P/c1-6-2-4-7(5-3-6)11(8,9)10;1-4-5(2)3/h2-5H,1H3,(H,8,9,10);1H3/p+1. The van der Waals surface area contributed by atoms with Gasteiger partial charge in [0.05, 0.1) is 12.0 Å². The van der Waals surface area contributed by atoms with Crippen molar-refractivity contribution in [3.63, 3.8) is 0 Å². The fraction of sp³-hybridized carbons (Fsp3) is 0.250. The SMILES string of the molecule is CO[P+](=O)O.Cc1ccc(S(=O)(=O)O)cc1. The number of hydrogen-bond acceptors (Lipinski definition) is 4. The molecule has 0 heterocycles. The van der Waals surface area contributed by atoms with Crippen LogP contribution in [0.4, 0.5) is 0 Å². The predicted octanol–water partition coefficient (Wildman–Crippen LogP) is 1.52. The molecule has 0 aliphatic heterocycles. The van der Waals surface area contributed by atoms with E-state index >= 15 is 0 Å². The first-order chi connectivity index (χ1) is 7.27. The van der Waals surface area contributed by atoms with Crippen LogP contribution in [0.25, 0.3) is 0 Å². The van der Waals surface area contributed by atoms with Crippen molar-refractivity contribution >= 4 is 18.4 Å². The smallest absolute Gasteiger partial charge is 0.282 e. The van der Waals surface area contributed by atoms with Gasteiger partial charge in [-0.2, -0.15) is 8.42 Å². The van der Waals surface area contributed by atoms with Crippen LogP contribution in [-0.2, 0) is 19.2 Å². The summed E-state index contributed by atoms with van der Waals surface area (Å²) < 4.78 is 42.7. The maximum Gasteiger partial charge on any atom is 0.694 e. The van der Waals surface area contributed by atoms with Crippen LogP contribution in [0.5, 0.6) is 0 Å². The van der Waals surface area contributed by atoms with Crippen LogP contribution in [0.1, 0.15) is 5.56 Å². The zero-order valence-electron chi connectivity index (χ0n) is 8.69. The molecule has 1 aromatic carbocycles. The molecule has 90 valence electrons. The first kappa shape index (κ1) is 15.2. The zero-order chi connectivity index (χ0) is 12.8. The number of benzene rings is 1. The molecule has 0 radical (unpaired) electrons. The Labute approximate surface area is 94.6 Å². The summed E-state index contributed by atoms with van der Waals surface area (Å²) in [6.07, 6.45) is 0. The number of aryl methyl sites for hydroxylation is 1. The van der Waals surface area contributed by atoms with E-state index in [1.807, 2.05) is 6.92 Å². The van der Waals surface area contributed by atoms with Gasteiger partial charge in [0.1, 0.15) is 0 Å². The topological polar surface area (TPSA) is 101 Å². The van der Waals surface area contributed by atoms with Crippen LogP contribution in [-0.4, -0.2) is 25.0 Å². The van der Waals surface area contributed by atoms with Crippen LogP contribution in [0.2, 0.25) is 0 Å². The Kier molecular flexibility index (Phi) is 6.32. The molecule has 1 unspecified atom stereocenters. The van der Waals surface area contributed by atoms with Crippen LogP contribution in [0.15, 0.2) is 29.2 Å². The molecule has 0 aliphatic carbocycles. The molecule has 1 aromatic rings. The molecule has 1 atom stereocenters. The molecule has 0 bridgehead atoms. The van der Waals surface area contributed by atoms with E-state index < -0.39 is 18.4 Å². The minimum atomic E-state index is -4.02. The molecule has 0 saturated heterocycles. The van der Waals surface area contributed by atoms with Crippen molar-refractivity contribution in [1.82, 2.24) is 0 Å². The third kappa shape index (κ3) is 6.60. The van der Waals surface area contributed by atoms with Crippen LogP contribution < -0.4 is 0 Å². The Balaban J connectivity index is 0.000000385. The minimum Gasteiger partial charge on any atom is -0.282 e. The summed E-state index contributed by atoms with van der Waals surface area (Å²) in [6, 6.07) is 5.99. The molecule has 0 aromatic heterocycles. The van der Waals surface area contributed by atoms with Gasteiger partial charge in [-0.05, 0) is 19.1 Å². The Bertz CT molecular complexity index is 438. The van der Waals surface area contributed by atoms with Crippen LogP contribution >= 0.6 is 8.25 Å². The second-order valence-electron chi connectivity index (χ2n) is 2.71. The lowest BCUT2D eigenvalue weighted by Crippen LogP contribution is -1.96. The summed E-state index contributed by atoms with van der Waals surface area (Å²) in [5, 5.41) is 0. The number of rotatable bonds is 2. The highest BCUT2D eigenvalue weighted by Crippen LogP contribution is 2.09. The molecule has 0 fully saturated rings. The third-order valence-corrected chi connectivity index (χ3v) is 2.66. The quantitative estimate of drug-likeness (QED) is 0.622. The summed E-state index contributed by atoms with van der Waals surface area (Å²) in [7, 11) is -5.20. The molecule has 2 N–H and O–H groups in total. The van der Waals surface area contributed by atoms with Gasteiger partial charge >= 0.3 is 8.25 Å². The first-order valence-electron chi connectivity index (χ1n) is 4.01. The second kappa shape index (κ2) is 6.67. The lowest BCUT2D eigenvalue weighted by Gasteiger charge is -1.95. The molecule has 1 rings (SSSR count). The largest absolute Gasteiger partial charge is 0.694 e. The highest BCUT2D eigenvalue weighted by atomic mass is 32.2. The summed E-state index contributed by atoms with van der Waals surface area (Å²) in [5.74, 6) is 0. The average molecular weight is 267 g/mol. The number of hydrogen-bond donors (Lipinski definition) is 2. The fourth-order valence-corrected chi connectivity index (χ4v) is 1.19. The van der Waals surface area contributed by atoms with Crippen molar-refractivity contribution in [2.75, 3.05) is 7.11 Å². The molecular formula is C8H12O6PS+. The Morgan fingerprint density at radius 3 is 1.88 bits per heavy atom. The van der Waals surface area contributed by atoms with E-state index in [4.69, 9.17) is 9.45 Å². The van der Waals surface area contributed by atoms with E-state index in [-0.39, 0.29) is 4.90 Å². The average Bonchev–Trinajstić information content (AvgIpc) is 2.18. The van der Waals surface area contributed by atoms with Crippen molar-refractivity contribution in [1.29, 1.82) is 0 Å². The van der Waals surface area contributed by atoms with Gasteiger partial charge in [-0.15, -0.1) is 9.42 Å². The second-order valence-corrected chi connectivity index (χ2v) is 4.97. The summed E-state index contributed by atoms with van der Waals surface area (Å²) in [5.41, 5.74) is 0.956. The minimum absolute atomic E-state index is 0.0666. The lowest BCUT2D eigenvalue weighted by atomic mass is 10.2. The van der Waals surface area contributed by atoms with Crippen LogP contribution in [0, 0.1) is 6.92 Å². The summed E-state index contributed by atoms with van der Waals surface area (Å²) in [6.45, 7) is 1.84.